The van der Waals surface area contributed by atoms with Gasteiger partial charge in [0.1, 0.15) is 17.0 Å². The predicted molar refractivity (Wildman–Crippen MR) is 159 cm³/mol. The fourth-order valence-electron chi connectivity index (χ4n) is 6.15. The number of amides is 3. The Labute approximate surface area is 244 Å². The number of nitrogens with one attached hydrogen (secondary N) is 2. The van der Waals surface area contributed by atoms with Crippen LogP contribution in [0.1, 0.15) is 39.6 Å². The molecule has 2 atom stereocenters. The second-order valence-electron chi connectivity index (χ2n) is 11.1. The Kier molecular flexibility index (Phi) is 6.51. The van der Waals surface area contributed by atoms with E-state index >= 15 is 0 Å². The Bertz CT molecular complexity index is 1650. The number of H-pyrrole nitrogens is 1. The second-order valence-corrected chi connectivity index (χ2v) is 11.1. The molecule has 3 heterocycles. The van der Waals surface area contributed by atoms with Crippen molar-refractivity contribution in [3.8, 4) is 11.5 Å². The van der Waals surface area contributed by atoms with E-state index in [-0.39, 0.29) is 18.0 Å². The zero-order chi connectivity index (χ0) is 28.7. The number of para-hydroxylation sites is 1. The van der Waals surface area contributed by atoms with Crippen LogP contribution in [0.25, 0.3) is 0 Å². The van der Waals surface area contributed by atoms with E-state index in [0.717, 1.165) is 29.9 Å². The normalized spacial score (nSPS) is 21.2. The van der Waals surface area contributed by atoms with Crippen molar-refractivity contribution in [1.82, 2.24) is 24.9 Å². The third-order valence-corrected chi connectivity index (χ3v) is 8.47. The molecule has 7 rings (SSSR count). The van der Waals surface area contributed by atoms with Gasteiger partial charge in [-0.2, -0.15) is 5.10 Å². The summed E-state index contributed by atoms with van der Waals surface area (Å²) in [5.74, 6) is 1.40. The van der Waals surface area contributed by atoms with Gasteiger partial charge in [0.2, 0.25) is 0 Å². The van der Waals surface area contributed by atoms with Crippen LogP contribution in [0.5, 0.6) is 11.5 Å². The molecular formula is C33H32N6O3. The molecular weight excluding hydrogens is 528 g/mol. The van der Waals surface area contributed by atoms with Crippen molar-refractivity contribution in [3.05, 3.63) is 119 Å². The van der Waals surface area contributed by atoms with Gasteiger partial charge in [-0.05, 0) is 49.4 Å². The average molecular weight is 561 g/mol. The second kappa shape index (κ2) is 10.5. The van der Waals surface area contributed by atoms with Gasteiger partial charge in [0.05, 0.1) is 18.3 Å². The van der Waals surface area contributed by atoms with Gasteiger partial charge >= 0.3 is 6.03 Å². The first-order chi connectivity index (χ1) is 20.5. The van der Waals surface area contributed by atoms with Crippen LogP contribution < -0.4 is 10.1 Å². The van der Waals surface area contributed by atoms with Gasteiger partial charge in [0, 0.05) is 30.8 Å². The Balaban J connectivity index is 1.12. The molecule has 3 aliphatic rings. The minimum absolute atomic E-state index is 0.00561. The minimum atomic E-state index is -0.587. The fourth-order valence-corrected chi connectivity index (χ4v) is 6.15. The number of carbonyl (C=O) groups excluding carboxylic acids is 2. The molecule has 1 spiro atoms. The first kappa shape index (κ1) is 26.0. The molecule has 2 N–H and O–H groups in total. The van der Waals surface area contributed by atoms with Crippen LogP contribution in [-0.2, 0) is 12.1 Å². The molecule has 212 valence electrons. The first-order valence-electron chi connectivity index (χ1n) is 14.2. The Morgan fingerprint density at radius 3 is 2.45 bits per heavy atom. The zero-order valence-corrected chi connectivity index (χ0v) is 23.4. The van der Waals surface area contributed by atoms with Gasteiger partial charge in [-0.3, -0.25) is 9.89 Å². The van der Waals surface area contributed by atoms with Crippen molar-refractivity contribution in [1.29, 1.82) is 0 Å². The Hall–Kier alpha value is -4.89. The van der Waals surface area contributed by atoms with Gasteiger partial charge < -0.3 is 24.8 Å². The number of rotatable bonds is 5. The number of urea groups is 1. The summed E-state index contributed by atoms with van der Waals surface area (Å²) in [6.45, 7) is 2.58. The molecule has 42 heavy (non-hydrogen) atoms. The van der Waals surface area contributed by atoms with Crippen molar-refractivity contribution in [3.63, 3.8) is 0 Å². The fraction of sp³-hybridized carbons (Fsp3) is 0.242. The first-order valence-corrected chi connectivity index (χ1v) is 14.2. The largest absolute Gasteiger partial charge is 0.457 e. The SMILES string of the molecule is CN1CCN(C(=O)N2Cc3c(NC(=O)c4cccc(Oc5ccccc5)c4)n[nH]c3C23C=CC3)C(c2ccccc2)C1. The Morgan fingerprint density at radius 1 is 0.976 bits per heavy atom. The number of hydrogen-bond acceptors (Lipinski definition) is 5. The van der Waals surface area contributed by atoms with Crippen LogP contribution in [-0.4, -0.2) is 63.5 Å². The lowest BCUT2D eigenvalue weighted by Crippen LogP contribution is -2.57. The quantitative estimate of drug-likeness (QED) is 0.313. The van der Waals surface area contributed by atoms with E-state index in [0.29, 0.717) is 42.4 Å². The average Bonchev–Trinajstić information content (AvgIpc) is 3.55. The van der Waals surface area contributed by atoms with E-state index in [4.69, 9.17) is 4.74 Å². The van der Waals surface area contributed by atoms with Crippen LogP contribution in [0, 0.1) is 0 Å². The summed E-state index contributed by atoms with van der Waals surface area (Å²) in [7, 11) is 2.10. The summed E-state index contributed by atoms with van der Waals surface area (Å²) in [5.41, 5.74) is 2.69. The van der Waals surface area contributed by atoms with E-state index in [1.807, 2.05) is 64.4 Å². The molecule has 0 bridgehead atoms. The van der Waals surface area contributed by atoms with Crippen molar-refractivity contribution in [2.45, 2.75) is 24.5 Å². The molecule has 1 saturated heterocycles. The number of likely N-dealkylation sites (N-methyl/N-ethyl adjacent to an activating group) is 1. The highest BCUT2D eigenvalue weighted by Gasteiger charge is 2.53. The molecule has 1 fully saturated rings. The molecule has 0 radical (unpaired) electrons. The molecule has 0 saturated carbocycles. The van der Waals surface area contributed by atoms with Crippen molar-refractivity contribution < 1.29 is 14.3 Å². The number of aromatic nitrogens is 2. The number of fused-ring (bicyclic) bond motifs is 2. The lowest BCUT2D eigenvalue weighted by molar-refractivity contribution is 0.0600. The van der Waals surface area contributed by atoms with E-state index in [1.165, 1.54) is 0 Å². The summed E-state index contributed by atoms with van der Waals surface area (Å²) >= 11 is 0. The number of ether oxygens (including phenoxy) is 1. The van der Waals surface area contributed by atoms with Gasteiger partial charge in [-0.25, -0.2) is 4.79 Å². The number of piperazine rings is 1. The number of carbonyl (C=O) groups is 2. The number of hydrogen-bond donors (Lipinski definition) is 2. The zero-order valence-electron chi connectivity index (χ0n) is 23.4. The van der Waals surface area contributed by atoms with Crippen LogP contribution in [0.3, 0.4) is 0 Å². The maximum atomic E-state index is 14.3. The van der Waals surface area contributed by atoms with Crippen molar-refractivity contribution in [2.24, 2.45) is 0 Å². The number of aromatic amines is 1. The van der Waals surface area contributed by atoms with Gasteiger partial charge in [0.15, 0.2) is 5.82 Å². The molecule has 3 amide bonds. The maximum Gasteiger partial charge on any atom is 0.321 e. The lowest BCUT2D eigenvalue weighted by Gasteiger charge is -2.46. The molecule has 4 aromatic rings. The maximum absolute atomic E-state index is 14.3. The molecule has 9 heteroatoms. The van der Waals surface area contributed by atoms with Gasteiger partial charge in [0.25, 0.3) is 5.91 Å². The summed E-state index contributed by atoms with van der Waals surface area (Å²) in [4.78, 5) is 33.8. The van der Waals surface area contributed by atoms with E-state index in [2.05, 4.69) is 51.7 Å². The molecule has 2 aliphatic heterocycles. The highest BCUT2D eigenvalue weighted by Crippen LogP contribution is 2.49. The van der Waals surface area contributed by atoms with Crippen LogP contribution in [0.4, 0.5) is 10.6 Å². The van der Waals surface area contributed by atoms with Crippen molar-refractivity contribution >= 4 is 17.8 Å². The van der Waals surface area contributed by atoms with Crippen LogP contribution in [0.15, 0.2) is 97.1 Å². The van der Waals surface area contributed by atoms with E-state index in [9.17, 15) is 9.59 Å². The highest BCUT2D eigenvalue weighted by molar-refractivity contribution is 6.04. The molecule has 2 unspecified atom stereocenters. The van der Waals surface area contributed by atoms with Crippen LogP contribution in [0.2, 0.25) is 0 Å². The van der Waals surface area contributed by atoms with E-state index in [1.54, 1.807) is 18.2 Å². The summed E-state index contributed by atoms with van der Waals surface area (Å²) < 4.78 is 5.91. The topological polar surface area (TPSA) is 93.8 Å². The molecule has 9 nitrogen and oxygen atoms in total. The van der Waals surface area contributed by atoms with Gasteiger partial charge in [-0.15, -0.1) is 0 Å². The predicted octanol–water partition coefficient (Wildman–Crippen LogP) is 5.53. The number of benzene rings is 3. The third-order valence-electron chi connectivity index (χ3n) is 8.47. The third kappa shape index (κ3) is 4.52. The van der Waals surface area contributed by atoms with Crippen LogP contribution >= 0.6 is 0 Å². The summed E-state index contributed by atoms with van der Waals surface area (Å²) in [5, 5.41) is 10.6. The molecule has 1 aromatic heterocycles. The highest BCUT2D eigenvalue weighted by atomic mass is 16.5. The monoisotopic (exact) mass is 560 g/mol. The molecule has 1 aliphatic carbocycles. The van der Waals surface area contributed by atoms with E-state index < -0.39 is 5.54 Å². The Morgan fingerprint density at radius 2 is 1.71 bits per heavy atom. The van der Waals surface area contributed by atoms with Gasteiger partial charge in [-0.1, -0.05) is 66.7 Å². The minimum Gasteiger partial charge on any atom is -0.457 e. The smallest absolute Gasteiger partial charge is 0.321 e. The molecule has 3 aromatic carbocycles. The summed E-state index contributed by atoms with van der Waals surface area (Å²) in [6.07, 6.45) is 4.84. The van der Waals surface area contributed by atoms with Crippen molar-refractivity contribution in [2.75, 3.05) is 32.0 Å². The lowest BCUT2D eigenvalue weighted by atomic mass is 9.82. The number of nitrogens with zero attached hydrogens (tertiary/aromatic N) is 4. The summed E-state index contributed by atoms with van der Waals surface area (Å²) in [6, 6.07) is 26.7. The number of anilines is 1. The standard InChI is InChI=1S/C33H32N6O3/c1-37-18-19-38(28(22-37)23-10-4-2-5-11-23)32(41)39-21-27-29(33(39)16-9-17-33)35-36-30(27)34-31(40)24-12-8-15-26(20-24)42-25-13-6-3-7-14-25/h2-16,20,28H,17-19,21-22H2,1H3,(H2,34,35,36,40).